The maximum atomic E-state index is 12.5. The van der Waals surface area contributed by atoms with Crippen molar-refractivity contribution < 1.29 is 9.72 Å². The zero-order valence-corrected chi connectivity index (χ0v) is 13.5. The molecule has 25 heavy (non-hydrogen) atoms. The van der Waals surface area contributed by atoms with Crippen molar-refractivity contribution in [2.45, 2.75) is 6.92 Å². The van der Waals surface area contributed by atoms with Gasteiger partial charge in [-0.2, -0.15) is 10.1 Å². The van der Waals surface area contributed by atoms with Crippen LogP contribution in [0.5, 0.6) is 0 Å². The zero-order chi connectivity index (χ0) is 17.8. The van der Waals surface area contributed by atoms with Crippen LogP contribution in [0.3, 0.4) is 0 Å². The third-order valence-electron chi connectivity index (χ3n) is 3.70. The lowest BCUT2D eigenvalue weighted by Gasteiger charge is -2.10. The third kappa shape index (κ3) is 3.53. The Morgan fingerprint density at radius 1 is 1.12 bits per heavy atom. The highest BCUT2D eigenvalue weighted by Gasteiger charge is 2.27. The number of amides is 1. The molecule has 2 aromatic carbocycles. The molecule has 1 aliphatic heterocycles. The summed E-state index contributed by atoms with van der Waals surface area (Å²) < 4.78 is 0. The first-order valence-corrected chi connectivity index (χ1v) is 7.64. The summed E-state index contributed by atoms with van der Waals surface area (Å²) in [6, 6.07) is 15.5. The molecule has 0 radical (unpaired) electrons. The molecular formula is C19H15N3O3. The van der Waals surface area contributed by atoms with Gasteiger partial charge in [-0.25, -0.2) is 0 Å². The summed E-state index contributed by atoms with van der Waals surface area (Å²) in [5, 5.41) is 16.5. The summed E-state index contributed by atoms with van der Waals surface area (Å²) in [7, 11) is 0. The van der Waals surface area contributed by atoms with E-state index in [0.29, 0.717) is 22.5 Å². The smallest absolute Gasteiger partial charge is 0.267 e. The molecule has 0 N–H and O–H groups in total. The van der Waals surface area contributed by atoms with Crippen LogP contribution in [0.1, 0.15) is 12.5 Å². The van der Waals surface area contributed by atoms with Crippen molar-refractivity contribution in [1.29, 1.82) is 0 Å². The largest absolute Gasteiger partial charge is 0.280 e. The number of carbonyl (C=O) groups excluding carboxylic acids is 1. The first-order valence-electron chi connectivity index (χ1n) is 7.64. The number of hydrazone groups is 1. The SMILES string of the molecule is CC1=NN(c2ccccc2)C(=O)/C1=C/C=C/c1cccc([N+](=O)[O-])c1. The molecule has 0 atom stereocenters. The van der Waals surface area contributed by atoms with Crippen LogP contribution >= 0.6 is 0 Å². The van der Waals surface area contributed by atoms with E-state index in [1.807, 2.05) is 30.3 Å². The van der Waals surface area contributed by atoms with Crippen molar-refractivity contribution in [3.8, 4) is 0 Å². The highest BCUT2D eigenvalue weighted by Crippen LogP contribution is 2.23. The van der Waals surface area contributed by atoms with Gasteiger partial charge in [-0.1, -0.05) is 42.5 Å². The van der Waals surface area contributed by atoms with Crippen molar-refractivity contribution in [2.75, 3.05) is 5.01 Å². The van der Waals surface area contributed by atoms with E-state index in [4.69, 9.17) is 0 Å². The fraction of sp³-hybridized carbons (Fsp3) is 0.0526. The quantitative estimate of drug-likeness (QED) is 0.483. The molecule has 0 fully saturated rings. The average molecular weight is 333 g/mol. The van der Waals surface area contributed by atoms with Gasteiger partial charge < -0.3 is 0 Å². The van der Waals surface area contributed by atoms with Crippen molar-refractivity contribution in [2.24, 2.45) is 5.10 Å². The van der Waals surface area contributed by atoms with Crippen LogP contribution in [0, 0.1) is 10.1 Å². The van der Waals surface area contributed by atoms with Gasteiger partial charge in [-0.05, 0) is 30.7 Å². The fourth-order valence-corrected chi connectivity index (χ4v) is 2.45. The molecular weight excluding hydrogens is 318 g/mol. The van der Waals surface area contributed by atoms with Crippen molar-refractivity contribution in [3.05, 3.63) is 88.0 Å². The Balaban J connectivity index is 1.80. The lowest BCUT2D eigenvalue weighted by atomic mass is 10.1. The second kappa shape index (κ2) is 6.92. The minimum Gasteiger partial charge on any atom is -0.267 e. The Morgan fingerprint density at radius 2 is 1.88 bits per heavy atom. The minimum atomic E-state index is -0.440. The number of para-hydroxylation sites is 1. The number of rotatable bonds is 4. The summed E-state index contributed by atoms with van der Waals surface area (Å²) in [6.45, 7) is 1.77. The van der Waals surface area contributed by atoms with Crippen LogP contribution in [-0.4, -0.2) is 16.5 Å². The Hall–Kier alpha value is -3.54. The first-order chi connectivity index (χ1) is 12.1. The van der Waals surface area contributed by atoms with Gasteiger partial charge in [0.25, 0.3) is 11.6 Å². The van der Waals surface area contributed by atoms with Gasteiger partial charge in [0.1, 0.15) is 0 Å². The maximum absolute atomic E-state index is 12.5. The standard InChI is InChI=1S/C19H15N3O3/c1-14-18(19(23)21(20-14)16-9-3-2-4-10-16)12-6-8-15-7-5-11-17(13-15)22(24)25/h2-13H,1H3/b8-6+,18-12+. The third-order valence-corrected chi connectivity index (χ3v) is 3.70. The van der Waals surface area contributed by atoms with E-state index >= 15 is 0 Å². The highest BCUT2D eigenvalue weighted by molar-refractivity contribution is 6.29. The summed E-state index contributed by atoms with van der Waals surface area (Å²) >= 11 is 0. The molecule has 124 valence electrons. The first kappa shape index (κ1) is 16.3. The van der Waals surface area contributed by atoms with Crippen LogP contribution in [0.4, 0.5) is 11.4 Å². The second-order valence-corrected chi connectivity index (χ2v) is 5.43. The molecule has 0 saturated heterocycles. The summed E-state index contributed by atoms with van der Waals surface area (Å²) in [6.07, 6.45) is 5.08. The number of allylic oxidation sites excluding steroid dienone is 2. The summed E-state index contributed by atoms with van der Waals surface area (Å²) in [5.41, 5.74) is 2.53. The molecule has 0 unspecified atom stereocenters. The lowest BCUT2D eigenvalue weighted by Crippen LogP contribution is -2.21. The van der Waals surface area contributed by atoms with Gasteiger partial charge in [-0.15, -0.1) is 0 Å². The second-order valence-electron chi connectivity index (χ2n) is 5.43. The normalized spacial score (nSPS) is 15.9. The monoisotopic (exact) mass is 333 g/mol. The molecule has 6 heteroatoms. The minimum absolute atomic E-state index is 0.0275. The van der Waals surface area contributed by atoms with Gasteiger partial charge in [0.15, 0.2) is 0 Å². The van der Waals surface area contributed by atoms with Crippen LogP contribution in [0.25, 0.3) is 6.08 Å². The van der Waals surface area contributed by atoms with E-state index in [-0.39, 0.29) is 11.6 Å². The van der Waals surface area contributed by atoms with Gasteiger partial charge in [0.2, 0.25) is 0 Å². The van der Waals surface area contributed by atoms with E-state index in [1.54, 1.807) is 37.3 Å². The van der Waals surface area contributed by atoms with Crippen LogP contribution in [-0.2, 0) is 4.79 Å². The Labute approximate surface area is 144 Å². The van der Waals surface area contributed by atoms with Crippen LogP contribution in [0.2, 0.25) is 0 Å². The summed E-state index contributed by atoms with van der Waals surface area (Å²) in [4.78, 5) is 22.9. The van der Waals surface area contributed by atoms with E-state index in [1.165, 1.54) is 17.1 Å². The molecule has 0 saturated carbocycles. The van der Waals surface area contributed by atoms with Crippen molar-refractivity contribution >= 4 is 29.1 Å². The topological polar surface area (TPSA) is 75.8 Å². The van der Waals surface area contributed by atoms with Gasteiger partial charge in [0.05, 0.1) is 21.9 Å². The number of nitro benzene ring substituents is 1. The number of benzene rings is 2. The molecule has 2 aromatic rings. The van der Waals surface area contributed by atoms with E-state index < -0.39 is 4.92 Å². The Bertz CT molecular complexity index is 915. The Kier molecular flexibility index (Phi) is 4.52. The fourth-order valence-electron chi connectivity index (χ4n) is 2.45. The van der Waals surface area contributed by atoms with Gasteiger partial charge >= 0.3 is 0 Å². The van der Waals surface area contributed by atoms with Gasteiger partial charge in [-0.3, -0.25) is 14.9 Å². The molecule has 0 spiro atoms. The van der Waals surface area contributed by atoms with Crippen LogP contribution < -0.4 is 5.01 Å². The molecule has 0 bridgehead atoms. The molecule has 1 aliphatic rings. The number of carbonyl (C=O) groups is 1. The number of hydrogen-bond acceptors (Lipinski definition) is 4. The molecule has 1 amide bonds. The summed E-state index contributed by atoms with van der Waals surface area (Å²) in [5.74, 6) is -0.201. The van der Waals surface area contributed by atoms with E-state index in [9.17, 15) is 14.9 Å². The average Bonchev–Trinajstić information content (AvgIpc) is 2.91. The maximum Gasteiger partial charge on any atom is 0.280 e. The zero-order valence-electron chi connectivity index (χ0n) is 13.5. The lowest BCUT2D eigenvalue weighted by molar-refractivity contribution is -0.384. The van der Waals surface area contributed by atoms with Crippen LogP contribution in [0.15, 0.2) is 77.4 Å². The van der Waals surface area contributed by atoms with E-state index in [0.717, 1.165) is 0 Å². The number of anilines is 1. The van der Waals surface area contributed by atoms with Crippen molar-refractivity contribution in [3.63, 3.8) is 0 Å². The predicted molar refractivity (Wildman–Crippen MR) is 97.3 cm³/mol. The van der Waals surface area contributed by atoms with E-state index in [2.05, 4.69) is 5.10 Å². The predicted octanol–water partition coefficient (Wildman–Crippen LogP) is 3.96. The number of nitrogens with zero attached hydrogens (tertiary/aromatic N) is 3. The number of non-ortho nitro benzene ring substituents is 1. The molecule has 0 aliphatic carbocycles. The van der Waals surface area contributed by atoms with Gasteiger partial charge in [0, 0.05) is 12.1 Å². The highest BCUT2D eigenvalue weighted by atomic mass is 16.6. The molecule has 3 rings (SSSR count). The Morgan fingerprint density at radius 3 is 2.60 bits per heavy atom. The molecule has 6 nitrogen and oxygen atoms in total. The molecule has 1 heterocycles. The molecule has 0 aromatic heterocycles. The number of hydrogen-bond donors (Lipinski definition) is 0. The number of nitro groups is 1. The van der Waals surface area contributed by atoms with Crippen molar-refractivity contribution in [1.82, 2.24) is 0 Å².